The number of aliphatic carboxylic acids is 2. The molecule has 0 spiro atoms. The Morgan fingerprint density at radius 2 is 1.67 bits per heavy atom. The Hall–Kier alpha value is -0.760. The summed E-state index contributed by atoms with van der Waals surface area (Å²) in [6.07, 6.45) is 0.742. The Bertz CT molecular complexity index is 344. The molecule has 0 bridgehead atoms. The summed E-state index contributed by atoms with van der Waals surface area (Å²) < 4.78 is 21.4. The van der Waals surface area contributed by atoms with Gasteiger partial charge in [-0.25, -0.2) is 8.42 Å². The van der Waals surface area contributed by atoms with E-state index < -0.39 is 26.2 Å². The first-order valence-electron chi connectivity index (χ1n) is 3.91. The van der Waals surface area contributed by atoms with Crippen molar-refractivity contribution in [2.45, 2.75) is 13.3 Å². The predicted molar refractivity (Wildman–Crippen MR) is 55.3 cm³/mol. The van der Waals surface area contributed by atoms with E-state index in [0.29, 0.717) is 10.8 Å². The maximum Gasteiger partial charge on any atom is 0.320 e. The summed E-state index contributed by atoms with van der Waals surface area (Å²) in [6.45, 7) is 1.06. The van der Waals surface area contributed by atoms with E-state index in [2.05, 4.69) is 0 Å². The van der Waals surface area contributed by atoms with Crippen molar-refractivity contribution in [3.05, 3.63) is 0 Å². The minimum atomic E-state index is -3.27. The molecule has 88 valence electrons. The van der Waals surface area contributed by atoms with Crippen LogP contribution in [0, 0.1) is 5.41 Å². The van der Waals surface area contributed by atoms with Crippen molar-refractivity contribution in [2.75, 3.05) is 12.0 Å². The van der Waals surface area contributed by atoms with Gasteiger partial charge in [0.15, 0.2) is 14.3 Å². The van der Waals surface area contributed by atoms with E-state index in [1.165, 1.54) is 0 Å². The number of carboxylic acid groups (broad SMARTS) is 2. The summed E-state index contributed by atoms with van der Waals surface area (Å²) in [5, 5.41) is 17.4. The highest BCUT2D eigenvalue weighted by molar-refractivity contribution is 8.71. The predicted octanol–water partition coefficient (Wildman–Crippen LogP) is 0.245. The lowest BCUT2D eigenvalue weighted by Crippen LogP contribution is -2.36. The van der Waals surface area contributed by atoms with Crippen LogP contribution in [0.5, 0.6) is 0 Å². The van der Waals surface area contributed by atoms with Gasteiger partial charge in [-0.2, -0.15) is 0 Å². The second-order valence-electron chi connectivity index (χ2n) is 3.22. The molecule has 0 aromatic heterocycles. The number of carboxylic acids is 2. The van der Waals surface area contributed by atoms with Gasteiger partial charge in [-0.1, -0.05) is 0 Å². The molecule has 0 rings (SSSR count). The normalized spacial score (nSPS) is 12.4. The Balaban J connectivity index is 4.47. The lowest BCUT2D eigenvalue weighted by molar-refractivity contribution is -0.163. The quantitative estimate of drug-likeness (QED) is 0.517. The van der Waals surface area contributed by atoms with Gasteiger partial charge in [-0.3, -0.25) is 9.59 Å². The van der Waals surface area contributed by atoms with E-state index in [4.69, 9.17) is 10.2 Å². The van der Waals surface area contributed by atoms with Crippen molar-refractivity contribution >= 4 is 31.6 Å². The molecule has 15 heavy (non-hydrogen) atoms. The highest BCUT2D eigenvalue weighted by Crippen LogP contribution is 2.25. The maximum absolute atomic E-state index is 10.7. The van der Waals surface area contributed by atoms with E-state index >= 15 is 0 Å². The van der Waals surface area contributed by atoms with E-state index in [9.17, 15) is 18.0 Å². The summed E-state index contributed by atoms with van der Waals surface area (Å²) in [7, 11) is -2.73. The molecule has 0 aliphatic carbocycles. The average molecular weight is 256 g/mol. The van der Waals surface area contributed by atoms with E-state index in [0.717, 1.165) is 13.2 Å². The molecule has 6 nitrogen and oxygen atoms in total. The molecule has 0 amide bonds. The van der Waals surface area contributed by atoms with Gasteiger partial charge in [0.25, 0.3) is 0 Å². The second-order valence-corrected chi connectivity index (χ2v) is 7.79. The smallest absolute Gasteiger partial charge is 0.320 e. The molecule has 0 heterocycles. The van der Waals surface area contributed by atoms with Crippen molar-refractivity contribution in [1.29, 1.82) is 0 Å². The fourth-order valence-electron chi connectivity index (χ4n) is 0.703. The lowest BCUT2D eigenvalue weighted by Gasteiger charge is -2.18. The summed E-state index contributed by atoms with van der Waals surface area (Å²) in [5.74, 6) is -3.00. The van der Waals surface area contributed by atoms with Gasteiger partial charge in [-0.05, 0) is 24.1 Å². The highest BCUT2D eigenvalue weighted by Gasteiger charge is 2.41. The van der Waals surface area contributed by atoms with Crippen molar-refractivity contribution in [3.63, 3.8) is 0 Å². The molecule has 0 aromatic rings. The fraction of sp³-hybridized carbons (Fsp3) is 0.714. The zero-order valence-electron chi connectivity index (χ0n) is 8.26. The Morgan fingerprint density at radius 1 is 1.27 bits per heavy atom. The monoisotopic (exact) mass is 256 g/mol. The van der Waals surface area contributed by atoms with E-state index in [1.54, 1.807) is 0 Å². The Morgan fingerprint density at radius 3 is 1.93 bits per heavy atom. The average Bonchev–Trinajstić information content (AvgIpc) is 2.00. The van der Waals surface area contributed by atoms with E-state index in [1.807, 2.05) is 0 Å². The maximum atomic E-state index is 10.7. The number of rotatable bonds is 6. The van der Waals surface area contributed by atoms with Crippen molar-refractivity contribution in [3.8, 4) is 0 Å². The van der Waals surface area contributed by atoms with Crippen LogP contribution in [0.1, 0.15) is 13.3 Å². The molecule has 0 aliphatic heterocycles. The van der Waals surface area contributed by atoms with Crippen LogP contribution in [0.4, 0.5) is 0 Å². The first-order valence-corrected chi connectivity index (χ1v) is 7.30. The third-order valence-electron chi connectivity index (χ3n) is 1.84. The summed E-state index contributed by atoms with van der Waals surface area (Å²) in [5.41, 5.74) is -1.93. The van der Waals surface area contributed by atoms with Gasteiger partial charge in [-0.15, -0.1) is 0 Å². The molecule has 0 aliphatic rings. The third kappa shape index (κ3) is 4.52. The molecular formula is C7H12O6S2. The molecule has 0 fully saturated rings. The highest BCUT2D eigenvalue weighted by atomic mass is 33.1. The molecule has 0 aromatic carbocycles. The number of hydrogen-bond donors (Lipinski definition) is 2. The third-order valence-corrected chi connectivity index (χ3v) is 4.43. The van der Waals surface area contributed by atoms with Crippen LogP contribution in [-0.4, -0.2) is 42.6 Å². The van der Waals surface area contributed by atoms with E-state index in [-0.39, 0.29) is 12.2 Å². The zero-order chi connectivity index (χ0) is 12.3. The van der Waals surface area contributed by atoms with Gasteiger partial charge in [0.05, 0.1) is 0 Å². The van der Waals surface area contributed by atoms with Crippen LogP contribution in [0.2, 0.25) is 0 Å². The molecule has 0 saturated carbocycles. The molecular weight excluding hydrogens is 244 g/mol. The van der Waals surface area contributed by atoms with Gasteiger partial charge in [0.1, 0.15) is 0 Å². The van der Waals surface area contributed by atoms with Gasteiger partial charge in [0, 0.05) is 12.0 Å². The van der Waals surface area contributed by atoms with Crippen LogP contribution in [0.25, 0.3) is 0 Å². The summed E-state index contributed by atoms with van der Waals surface area (Å²) in [6, 6.07) is 0. The van der Waals surface area contributed by atoms with Gasteiger partial charge >= 0.3 is 11.9 Å². The first-order chi connectivity index (χ1) is 6.59. The molecule has 8 heteroatoms. The SMILES string of the molecule is CC(CCSS(C)(=O)=O)(C(=O)O)C(=O)O. The van der Waals surface area contributed by atoms with Crippen molar-refractivity contribution in [1.82, 2.24) is 0 Å². The topological polar surface area (TPSA) is 109 Å². The Labute approximate surface area is 91.0 Å². The first kappa shape index (κ1) is 14.2. The zero-order valence-corrected chi connectivity index (χ0v) is 9.89. The molecule has 0 atom stereocenters. The van der Waals surface area contributed by atoms with Crippen LogP contribution in [0.15, 0.2) is 0 Å². The minimum Gasteiger partial charge on any atom is -0.480 e. The van der Waals surface area contributed by atoms with Crippen molar-refractivity contribution in [2.24, 2.45) is 5.41 Å². The molecule has 0 radical (unpaired) electrons. The van der Waals surface area contributed by atoms with Crippen LogP contribution < -0.4 is 0 Å². The minimum absolute atomic E-state index is 0.0616. The lowest BCUT2D eigenvalue weighted by atomic mass is 9.88. The number of hydrogen-bond acceptors (Lipinski definition) is 5. The van der Waals surface area contributed by atoms with Gasteiger partial charge in [0.2, 0.25) is 0 Å². The molecule has 2 N–H and O–H groups in total. The largest absolute Gasteiger partial charge is 0.480 e. The standard InChI is InChI=1S/C7H12O6S2/c1-7(5(8)9,6(10)11)3-4-14-15(2,12)13/h3-4H2,1-2H3,(H,8,9)(H,10,11). The van der Waals surface area contributed by atoms with Crippen LogP contribution >= 0.6 is 10.8 Å². The summed E-state index contributed by atoms with van der Waals surface area (Å²) in [4.78, 5) is 21.4. The fourth-order valence-corrected chi connectivity index (χ4v) is 2.66. The summed E-state index contributed by atoms with van der Waals surface area (Å²) >= 11 is 0. The number of carbonyl (C=O) groups is 2. The molecule has 0 unspecified atom stereocenters. The van der Waals surface area contributed by atoms with Gasteiger partial charge < -0.3 is 10.2 Å². The molecule has 0 saturated heterocycles. The Kier molecular flexibility index (Phi) is 4.60. The van der Waals surface area contributed by atoms with Crippen LogP contribution in [-0.2, 0) is 18.5 Å². The second kappa shape index (κ2) is 4.84. The van der Waals surface area contributed by atoms with Crippen molar-refractivity contribution < 1.29 is 28.2 Å². The van der Waals surface area contributed by atoms with Crippen LogP contribution in [0.3, 0.4) is 0 Å².